The van der Waals surface area contributed by atoms with Crippen molar-refractivity contribution in [3.63, 3.8) is 0 Å². The summed E-state index contributed by atoms with van der Waals surface area (Å²) in [5.41, 5.74) is 0. The first-order valence-electron chi connectivity index (χ1n) is 3.73. The third-order valence-electron chi connectivity index (χ3n) is 2.09. The van der Waals surface area contributed by atoms with Crippen molar-refractivity contribution >= 4 is 5.91 Å². The van der Waals surface area contributed by atoms with Crippen molar-refractivity contribution in [3.8, 4) is 0 Å². The summed E-state index contributed by atoms with van der Waals surface area (Å²) in [6, 6.07) is 0. The molecule has 1 rings (SSSR count). The summed E-state index contributed by atoms with van der Waals surface area (Å²) >= 11 is 0. The molecule has 1 saturated heterocycles. The minimum atomic E-state index is -1.28. The molecule has 1 aliphatic rings. The number of rotatable bonds is 1. The number of carbonyl (C=O) groups is 1. The Morgan fingerprint density at radius 1 is 1.64 bits per heavy atom. The van der Waals surface area contributed by atoms with Gasteiger partial charge < -0.3 is 15.1 Å². The van der Waals surface area contributed by atoms with E-state index in [1.54, 1.807) is 4.90 Å². The van der Waals surface area contributed by atoms with E-state index in [1.807, 2.05) is 0 Å². The fourth-order valence-corrected chi connectivity index (χ4v) is 1.32. The zero-order valence-electron chi connectivity index (χ0n) is 6.53. The summed E-state index contributed by atoms with van der Waals surface area (Å²) < 4.78 is 0. The van der Waals surface area contributed by atoms with Crippen LogP contribution in [0.5, 0.6) is 0 Å². The van der Waals surface area contributed by atoms with Crippen molar-refractivity contribution < 1.29 is 15.0 Å². The van der Waals surface area contributed by atoms with Gasteiger partial charge >= 0.3 is 0 Å². The van der Waals surface area contributed by atoms with Gasteiger partial charge in [0.2, 0.25) is 5.91 Å². The van der Waals surface area contributed by atoms with Gasteiger partial charge in [-0.3, -0.25) is 4.79 Å². The van der Waals surface area contributed by atoms with Gasteiger partial charge in [-0.1, -0.05) is 0 Å². The molecule has 0 aromatic rings. The topological polar surface area (TPSA) is 60.8 Å². The van der Waals surface area contributed by atoms with E-state index in [0.29, 0.717) is 19.5 Å². The molecule has 1 unspecified atom stereocenters. The van der Waals surface area contributed by atoms with Gasteiger partial charge in [0.15, 0.2) is 6.29 Å². The van der Waals surface area contributed by atoms with E-state index in [9.17, 15) is 4.79 Å². The predicted molar refractivity (Wildman–Crippen MR) is 38.6 cm³/mol. The van der Waals surface area contributed by atoms with Gasteiger partial charge in [0.05, 0.1) is 0 Å². The molecule has 0 radical (unpaired) electrons. The largest absolute Gasteiger partial charge is 0.368 e. The summed E-state index contributed by atoms with van der Waals surface area (Å²) in [4.78, 5) is 12.4. The molecule has 1 atom stereocenters. The Balaban J connectivity index is 2.41. The van der Waals surface area contributed by atoms with Crippen LogP contribution in [0, 0.1) is 5.92 Å². The molecule has 1 fully saturated rings. The zero-order chi connectivity index (χ0) is 8.43. The molecular weight excluding hydrogens is 146 g/mol. The number of aliphatic hydroxyl groups is 2. The number of amides is 1. The first-order chi connectivity index (χ1) is 5.11. The molecule has 0 aromatic heterocycles. The molecule has 0 bridgehead atoms. The van der Waals surface area contributed by atoms with Gasteiger partial charge in [-0.15, -0.1) is 0 Å². The summed E-state index contributed by atoms with van der Waals surface area (Å²) in [6.45, 7) is 2.62. The number of hydrogen-bond acceptors (Lipinski definition) is 3. The van der Waals surface area contributed by atoms with Crippen molar-refractivity contribution in [1.29, 1.82) is 0 Å². The van der Waals surface area contributed by atoms with Gasteiger partial charge in [0.1, 0.15) is 0 Å². The molecule has 2 N–H and O–H groups in total. The van der Waals surface area contributed by atoms with E-state index in [-0.39, 0.29) is 11.8 Å². The maximum Gasteiger partial charge on any atom is 0.219 e. The third kappa shape index (κ3) is 1.91. The summed E-state index contributed by atoms with van der Waals surface area (Å²) in [6.07, 6.45) is -0.587. The fourth-order valence-electron chi connectivity index (χ4n) is 1.32. The highest BCUT2D eigenvalue weighted by atomic mass is 16.5. The standard InChI is InChI=1S/C7H13NO3/c1-5(9)8-3-2-6(4-8)7(10)11/h6-7,10-11H,2-4H2,1H3. The Morgan fingerprint density at radius 3 is 2.55 bits per heavy atom. The van der Waals surface area contributed by atoms with Crippen LogP contribution >= 0.6 is 0 Å². The van der Waals surface area contributed by atoms with E-state index in [1.165, 1.54) is 6.92 Å². The van der Waals surface area contributed by atoms with E-state index in [2.05, 4.69) is 0 Å². The molecule has 64 valence electrons. The second-order valence-corrected chi connectivity index (χ2v) is 2.93. The zero-order valence-corrected chi connectivity index (χ0v) is 6.53. The van der Waals surface area contributed by atoms with Gasteiger partial charge in [-0.25, -0.2) is 0 Å². The quantitative estimate of drug-likeness (QED) is 0.491. The highest BCUT2D eigenvalue weighted by Gasteiger charge is 2.28. The van der Waals surface area contributed by atoms with Crippen molar-refractivity contribution in [2.45, 2.75) is 19.6 Å². The Kier molecular flexibility index (Phi) is 2.46. The summed E-state index contributed by atoms with van der Waals surface area (Å²) in [7, 11) is 0. The lowest BCUT2D eigenvalue weighted by molar-refractivity contribution is -0.128. The average molecular weight is 159 g/mol. The highest BCUT2D eigenvalue weighted by Crippen LogP contribution is 2.18. The lowest BCUT2D eigenvalue weighted by Gasteiger charge is -2.14. The van der Waals surface area contributed by atoms with Crippen molar-refractivity contribution in [3.05, 3.63) is 0 Å². The van der Waals surface area contributed by atoms with Crippen LogP contribution in [0.3, 0.4) is 0 Å². The van der Waals surface area contributed by atoms with Crippen LogP contribution < -0.4 is 0 Å². The average Bonchev–Trinajstić information content (AvgIpc) is 2.33. The number of aliphatic hydroxyl groups excluding tert-OH is 1. The van der Waals surface area contributed by atoms with E-state index >= 15 is 0 Å². The second kappa shape index (κ2) is 3.19. The van der Waals surface area contributed by atoms with Crippen LogP contribution in [-0.2, 0) is 4.79 Å². The fraction of sp³-hybridized carbons (Fsp3) is 0.857. The van der Waals surface area contributed by atoms with Crippen LogP contribution in [0.1, 0.15) is 13.3 Å². The Labute approximate surface area is 65.4 Å². The van der Waals surface area contributed by atoms with Crippen LogP contribution in [0.15, 0.2) is 0 Å². The highest BCUT2D eigenvalue weighted by molar-refractivity contribution is 5.73. The second-order valence-electron chi connectivity index (χ2n) is 2.93. The summed E-state index contributed by atoms with van der Waals surface area (Å²) in [5, 5.41) is 17.5. The number of nitrogens with zero attached hydrogens (tertiary/aromatic N) is 1. The molecule has 1 aliphatic heterocycles. The minimum Gasteiger partial charge on any atom is -0.368 e. The Bertz CT molecular complexity index is 158. The first-order valence-corrected chi connectivity index (χ1v) is 3.73. The van der Waals surface area contributed by atoms with Gasteiger partial charge in [0.25, 0.3) is 0 Å². The maximum atomic E-state index is 10.8. The van der Waals surface area contributed by atoms with Gasteiger partial charge in [-0.2, -0.15) is 0 Å². The smallest absolute Gasteiger partial charge is 0.219 e. The molecule has 0 saturated carbocycles. The van der Waals surface area contributed by atoms with E-state index < -0.39 is 6.29 Å². The molecule has 0 spiro atoms. The van der Waals surface area contributed by atoms with Gasteiger partial charge in [-0.05, 0) is 6.42 Å². The molecule has 11 heavy (non-hydrogen) atoms. The minimum absolute atomic E-state index is 0.00755. The van der Waals surface area contributed by atoms with Crippen LogP contribution in [0.2, 0.25) is 0 Å². The van der Waals surface area contributed by atoms with Crippen LogP contribution in [0.4, 0.5) is 0 Å². The first kappa shape index (κ1) is 8.49. The van der Waals surface area contributed by atoms with Crippen LogP contribution in [0.25, 0.3) is 0 Å². The monoisotopic (exact) mass is 159 g/mol. The maximum absolute atomic E-state index is 10.8. The third-order valence-corrected chi connectivity index (χ3v) is 2.09. The predicted octanol–water partition coefficient (Wildman–Crippen LogP) is -0.835. The van der Waals surface area contributed by atoms with Crippen molar-refractivity contribution in [1.82, 2.24) is 4.90 Å². The van der Waals surface area contributed by atoms with Crippen LogP contribution in [-0.4, -0.2) is 40.4 Å². The summed E-state index contributed by atoms with van der Waals surface area (Å²) in [5.74, 6) is -0.146. The Morgan fingerprint density at radius 2 is 2.27 bits per heavy atom. The molecule has 0 aromatic carbocycles. The van der Waals surface area contributed by atoms with E-state index in [4.69, 9.17) is 10.2 Å². The molecular formula is C7H13NO3. The lowest BCUT2D eigenvalue weighted by atomic mass is 10.1. The number of likely N-dealkylation sites (tertiary alicyclic amines) is 1. The lowest BCUT2D eigenvalue weighted by Crippen LogP contribution is -2.28. The van der Waals surface area contributed by atoms with Crippen molar-refractivity contribution in [2.24, 2.45) is 5.92 Å². The van der Waals surface area contributed by atoms with Crippen molar-refractivity contribution in [2.75, 3.05) is 13.1 Å². The Hall–Kier alpha value is -0.610. The molecule has 4 heteroatoms. The number of hydrogen-bond donors (Lipinski definition) is 2. The van der Waals surface area contributed by atoms with E-state index in [0.717, 1.165) is 0 Å². The van der Waals surface area contributed by atoms with Gasteiger partial charge in [0, 0.05) is 25.9 Å². The molecule has 0 aliphatic carbocycles. The molecule has 4 nitrogen and oxygen atoms in total. The SMILES string of the molecule is CC(=O)N1CCC(C(O)O)C1. The molecule has 1 heterocycles. The normalized spacial score (nSPS) is 24.7. The molecule has 1 amide bonds. The number of carbonyl (C=O) groups excluding carboxylic acids is 1.